The highest BCUT2D eigenvalue weighted by molar-refractivity contribution is 5.48. The number of hydrogen-bond acceptors (Lipinski definition) is 2. The third-order valence-corrected chi connectivity index (χ3v) is 4.80. The highest BCUT2D eigenvalue weighted by Crippen LogP contribution is 2.61. The molecule has 104 valence electrons. The average Bonchev–Trinajstić information content (AvgIpc) is 2.95. The van der Waals surface area contributed by atoms with Gasteiger partial charge in [-0.05, 0) is 75.8 Å². The van der Waals surface area contributed by atoms with Crippen LogP contribution in [-0.4, -0.2) is 19.2 Å². The Kier molecular flexibility index (Phi) is 2.90. The topological polar surface area (TPSA) is 21.3 Å². The molecule has 2 aliphatic rings. The van der Waals surface area contributed by atoms with E-state index in [2.05, 4.69) is 44.3 Å². The molecule has 19 heavy (non-hydrogen) atoms. The molecule has 1 saturated carbocycles. The van der Waals surface area contributed by atoms with Crippen LogP contribution in [0, 0.1) is 5.92 Å². The zero-order valence-corrected chi connectivity index (χ0v) is 12.5. The van der Waals surface area contributed by atoms with Crippen molar-refractivity contribution in [2.45, 2.75) is 51.0 Å². The summed E-state index contributed by atoms with van der Waals surface area (Å²) >= 11 is 0. The number of nitrogens with one attached hydrogen (secondary N) is 1. The maximum atomic E-state index is 5.39. The highest BCUT2D eigenvalue weighted by Gasteiger charge is 2.57. The minimum Gasteiger partial charge on any atom is -0.497 e. The van der Waals surface area contributed by atoms with Crippen molar-refractivity contribution in [3.8, 4) is 5.75 Å². The molecule has 0 heterocycles. The van der Waals surface area contributed by atoms with Gasteiger partial charge in [-0.1, -0.05) is 6.07 Å². The minimum absolute atomic E-state index is 0.222. The number of fused-ring (bicyclic) bond motifs is 2. The zero-order chi connectivity index (χ0) is 13.7. The van der Waals surface area contributed by atoms with E-state index in [1.807, 2.05) is 0 Å². The fourth-order valence-electron chi connectivity index (χ4n) is 3.57. The number of benzene rings is 1. The van der Waals surface area contributed by atoms with E-state index < -0.39 is 0 Å². The van der Waals surface area contributed by atoms with Gasteiger partial charge in [-0.3, -0.25) is 0 Å². The van der Waals surface area contributed by atoms with Crippen LogP contribution in [0.1, 0.15) is 44.7 Å². The fourth-order valence-corrected chi connectivity index (χ4v) is 3.57. The van der Waals surface area contributed by atoms with Gasteiger partial charge in [0.25, 0.3) is 0 Å². The third kappa shape index (κ3) is 2.27. The lowest BCUT2D eigenvalue weighted by Gasteiger charge is -2.22. The molecule has 0 bridgehead atoms. The third-order valence-electron chi connectivity index (χ3n) is 4.80. The Balaban J connectivity index is 1.76. The molecule has 1 N–H and O–H groups in total. The number of ether oxygens (including phenoxy) is 1. The van der Waals surface area contributed by atoms with E-state index in [4.69, 9.17) is 4.74 Å². The van der Waals surface area contributed by atoms with Gasteiger partial charge < -0.3 is 10.1 Å². The second-order valence-electron chi connectivity index (χ2n) is 7.21. The first-order valence-corrected chi connectivity index (χ1v) is 7.37. The monoisotopic (exact) mass is 259 g/mol. The summed E-state index contributed by atoms with van der Waals surface area (Å²) in [5, 5.41) is 3.66. The summed E-state index contributed by atoms with van der Waals surface area (Å²) in [6, 6.07) is 6.64. The van der Waals surface area contributed by atoms with E-state index in [0.717, 1.165) is 18.2 Å². The van der Waals surface area contributed by atoms with Gasteiger partial charge in [0.15, 0.2) is 0 Å². The summed E-state index contributed by atoms with van der Waals surface area (Å²) in [5.74, 6) is 1.81. The highest BCUT2D eigenvalue weighted by atomic mass is 16.5. The van der Waals surface area contributed by atoms with Gasteiger partial charge in [0.05, 0.1) is 7.11 Å². The van der Waals surface area contributed by atoms with Crippen molar-refractivity contribution in [2.75, 3.05) is 13.7 Å². The van der Waals surface area contributed by atoms with Crippen LogP contribution in [0.5, 0.6) is 5.75 Å². The first-order chi connectivity index (χ1) is 8.94. The molecular formula is C17H25NO. The summed E-state index contributed by atoms with van der Waals surface area (Å²) in [6.45, 7) is 7.87. The smallest absolute Gasteiger partial charge is 0.119 e. The Labute approximate surface area is 116 Å². The van der Waals surface area contributed by atoms with Crippen LogP contribution < -0.4 is 10.1 Å². The molecule has 1 spiro atoms. The van der Waals surface area contributed by atoms with Crippen molar-refractivity contribution in [1.82, 2.24) is 5.32 Å². The SMILES string of the molecule is COc1ccc2c(c1)C1(CC2)CC1CNC(C)(C)C. The lowest BCUT2D eigenvalue weighted by molar-refractivity contribution is 0.401. The van der Waals surface area contributed by atoms with Crippen LogP contribution in [0.4, 0.5) is 0 Å². The van der Waals surface area contributed by atoms with Gasteiger partial charge >= 0.3 is 0 Å². The second kappa shape index (κ2) is 4.24. The normalized spacial score (nSPS) is 28.5. The van der Waals surface area contributed by atoms with E-state index in [0.29, 0.717) is 5.41 Å². The van der Waals surface area contributed by atoms with Gasteiger partial charge in [0.1, 0.15) is 5.75 Å². The summed E-state index contributed by atoms with van der Waals surface area (Å²) < 4.78 is 5.39. The van der Waals surface area contributed by atoms with Gasteiger partial charge in [-0.15, -0.1) is 0 Å². The first kappa shape index (κ1) is 13.0. The molecule has 2 atom stereocenters. The van der Waals surface area contributed by atoms with Crippen molar-refractivity contribution in [2.24, 2.45) is 5.92 Å². The van der Waals surface area contributed by atoms with E-state index in [9.17, 15) is 0 Å². The van der Waals surface area contributed by atoms with Crippen molar-refractivity contribution in [1.29, 1.82) is 0 Å². The van der Waals surface area contributed by atoms with Crippen molar-refractivity contribution in [3.63, 3.8) is 0 Å². The molecule has 0 saturated heterocycles. The van der Waals surface area contributed by atoms with E-state index in [1.165, 1.54) is 19.3 Å². The van der Waals surface area contributed by atoms with Crippen LogP contribution in [0.25, 0.3) is 0 Å². The lowest BCUT2D eigenvalue weighted by atomic mass is 9.95. The molecule has 0 amide bonds. The fraction of sp³-hybridized carbons (Fsp3) is 0.647. The van der Waals surface area contributed by atoms with Crippen molar-refractivity contribution >= 4 is 0 Å². The number of hydrogen-bond donors (Lipinski definition) is 1. The molecule has 3 rings (SSSR count). The molecule has 2 heteroatoms. The van der Waals surface area contributed by atoms with Crippen LogP contribution in [-0.2, 0) is 11.8 Å². The zero-order valence-electron chi connectivity index (χ0n) is 12.5. The molecule has 1 aromatic rings. The standard InChI is InChI=1S/C17H25NO/c1-16(2,3)18-11-13-10-17(13)8-7-12-5-6-14(19-4)9-15(12)17/h5-6,9,13,18H,7-8,10-11H2,1-4H3. The Hall–Kier alpha value is -1.02. The summed E-state index contributed by atoms with van der Waals surface area (Å²) in [6.07, 6.45) is 3.91. The molecule has 0 aromatic heterocycles. The lowest BCUT2D eigenvalue weighted by Crippen LogP contribution is -2.38. The van der Waals surface area contributed by atoms with Crippen LogP contribution in [0.3, 0.4) is 0 Å². The minimum atomic E-state index is 0.222. The predicted molar refractivity (Wildman–Crippen MR) is 78.9 cm³/mol. The van der Waals surface area contributed by atoms with Crippen molar-refractivity contribution < 1.29 is 4.74 Å². The largest absolute Gasteiger partial charge is 0.497 e. The molecule has 0 radical (unpaired) electrons. The van der Waals surface area contributed by atoms with Crippen LogP contribution >= 0.6 is 0 Å². The predicted octanol–water partition coefficient (Wildman–Crippen LogP) is 3.29. The van der Waals surface area contributed by atoms with Gasteiger partial charge in [0, 0.05) is 11.0 Å². The van der Waals surface area contributed by atoms with Crippen LogP contribution in [0.15, 0.2) is 18.2 Å². The molecule has 1 aromatic carbocycles. The Morgan fingerprint density at radius 3 is 2.84 bits per heavy atom. The molecular weight excluding hydrogens is 234 g/mol. The van der Waals surface area contributed by atoms with Gasteiger partial charge in [-0.2, -0.15) is 0 Å². The van der Waals surface area contributed by atoms with Crippen molar-refractivity contribution in [3.05, 3.63) is 29.3 Å². The molecule has 0 aliphatic heterocycles. The van der Waals surface area contributed by atoms with Gasteiger partial charge in [0.2, 0.25) is 0 Å². The second-order valence-corrected chi connectivity index (χ2v) is 7.21. The van der Waals surface area contributed by atoms with E-state index >= 15 is 0 Å². The molecule has 2 nitrogen and oxygen atoms in total. The number of rotatable bonds is 3. The Bertz CT molecular complexity index is 489. The quantitative estimate of drug-likeness (QED) is 0.899. The first-order valence-electron chi connectivity index (χ1n) is 7.37. The summed E-state index contributed by atoms with van der Waals surface area (Å²) in [7, 11) is 1.76. The van der Waals surface area contributed by atoms with Crippen LogP contribution in [0.2, 0.25) is 0 Å². The number of aryl methyl sites for hydroxylation is 1. The molecule has 2 unspecified atom stereocenters. The van der Waals surface area contributed by atoms with E-state index in [-0.39, 0.29) is 5.54 Å². The molecule has 1 fully saturated rings. The maximum Gasteiger partial charge on any atom is 0.119 e. The average molecular weight is 259 g/mol. The number of methoxy groups -OCH3 is 1. The Morgan fingerprint density at radius 2 is 2.16 bits per heavy atom. The molecule has 2 aliphatic carbocycles. The van der Waals surface area contributed by atoms with E-state index in [1.54, 1.807) is 18.2 Å². The maximum absolute atomic E-state index is 5.39. The summed E-state index contributed by atoms with van der Waals surface area (Å²) in [4.78, 5) is 0. The Morgan fingerprint density at radius 1 is 1.37 bits per heavy atom. The summed E-state index contributed by atoms with van der Waals surface area (Å²) in [5.41, 5.74) is 3.79. The van der Waals surface area contributed by atoms with Gasteiger partial charge in [-0.25, -0.2) is 0 Å².